The summed E-state index contributed by atoms with van der Waals surface area (Å²) in [5, 5.41) is 2.89. The topological polar surface area (TPSA) is 68.0 Å². The number of oxazole rings is 1. The van der Waals surface area contributed by atoms with Crippen LogP contribution < -0.4 is 5.32 Å². The molecule has 128 valence electrons. The van der Waals surface area contributed by atoms with E-state index in [9.17, 15) is 4.79 Å². The first-order valence-corrected chi connectivity index (χ1v) is 9.54. The lowest BCUT2D eigenvalue weighted by atomic mass is 10.2. The molecule has 2 heterocycles. The molecule has 5 nitrogen and oxygen atoms in total. The fourth-order valence-corrected chi connectivity index (χ4v) is 3.40. The standard InChI is InChI=1S/C19H11BrIN3O2/c20-13-6-12(9-22-10-13)19-24-16-8-15(4-5-17(16)26-19)23-18(25)11-2-1-3-14(21)7-11/h1-10H,(H,23,25). The zero-order chi connectivity index (χ0) is 18.1. The minimum atomic E-state index is -0.164. The second-order valence-electron chi connectivity index (χ2n) is 5.56. The smallest absolute Gasteiger partial charge is 0.255 e. The van der Waals surface area contributed by atoms with E-state index in [1.54, 1.807) is 36.7 Å². The van der Waals surface area contributed by atoms with E-state index in [4.69, 9.17) is 4.42 Å². The molecule has 1 N–H and O–H groups in total. The van der Waals surface area contributed by atoms with Gasteiger partial charge in [-0.05, 0) is 81.0 Å². The summed E-state index contributed by atoms with van der Waals surface area (Å²) in [4.78, 5) is 21.0. The average Bonchev–Trinajstić information content (AvgIpc) is 3.05. The fraction of sp³-hybridized carbons (Fsp3) is 0. The Kier molecular flexibility index (Phi) is 4.73. The lowest BCUT2D eigenvalue weighted by Crippen LogP contribution is -2.11. The van der Waals surface area contributed by atoms with E-state index in [0.29, 0.717) is 28.2 Å². The first kappa shape index (κ1) is 17.2. The quantitative estimate of drug-likeness (QED) is 0.362. The van der Waals surface area contributed by atoms with Gasteiger partial charge in [0.2, 0.25) is 5.89 Å². The van der Waals surface area contributed by atoms with Crippen molar-refractivity contribution in [2.75, 3.05) is 5.32 Å². The number of hydrogen-bond acceptors (Lipinski definition) is 4. The number of nitrogens with one attached hydrogen (secondary N) is 1. The first-order valence-electron chi connectivity index (χ1n) is 7.67. The maximum atomic E-state index is 12.4. The maximum absolute atomic E-state index is 12.4. The molecule has 7 heteroatoms. The number of fused-ring (bicyclic) bond motifs is 1. The highest BCUT2D eigenvalue weighted by Crippen LogP contribution is 2.27. The molecule has 0 unspecified atom stereocenters. The Morgan fingerprint density at radius 3 is 2.81 bits per heavy atom. The second kappa shape index (κ2) is 7.16. The number of hydrogen-bond donors (Lipinski definition) is 1. The van der Waals surface area contributed by atoms with Gasteiger partial charge in [-0.25, -0.2) is 4.98 Å². The molecule has 0 saturated carbocycles. The molecule has 0 aliphatic rings. The van der Waals surface area contributed by atoms with Crippen LogP contribution >= 0.6 is 38.5 Å². The lowest BCUT2D eigenvalue weighted by Gasteiger charge is -2.05. The van der Waals surface area contributed by atoms with Crippen LogP contribution in [0.5, 0.6) is 0 Å². The van der Waals surface area contributed by atoms with Gasteiger partial charge in [0.25, 0.3) is 5.91 Å². The van der Waals surface area contributed by atoms with Gasteiger partial charge in [0.1, 0.15) is 5.52 Å². The molecule has 0 spiro atoms. The van der Waals surface area contributed by atoms with Gasteiger partial charge in [-0.3, -0.25) is 9.78 Å². The third kappa shape index (κ3) is 3.63. The van der Waals surface area contributed by atoms with E-state index in [0.717, 1.165) is 13.6 Å². The van der Waals surface area contributed by atoms with Crippen molar-refractivity contribution in [3.05, 3.63) is 74.5 Å². The van der Waals surface area contributed by atoms with Gasteiger partial charge in [-0.2, -0.15) is 0 Å². The summed E-state index contributed by atoms with van der Waals surface area (Å²) in [6, 6.07) is 14.7. The molecular weight excluding hydrogens is 509 g/mol. The molecule has 0 aliphatic carbocycles. The van der Waals surface area contributed by atoms with Crippen molar-refractivity contribution in [2.24, 2.45) is 0 Å². The molecule has 0 atom stereocenters. The number of aromatic nitrogens is 2. The Morgan fingerprint density at radius 2 is 2.00 bits per heavy atom. The normalized spacial score (nSPS) is 10.8. The van der Waals surface area contributed by atoms with Crippen LogP contribution in [0.15, 0.2) is 69.8 Å². The molecule has 0 radical (unpaired) electrons. The van der Waals surface area contributed by atoms with Crippen LogP contribution in [-0.2, 0) is 0 Å². The summed E-state index contributed by atoms with van der Waals surface area (Å²) in [7, 11) is 0. The summed E-state index contributed by atoms with van der Waals surface area (Å²) in [6.07, 6.45) is 3.39. The summed E-state index contributed by atoms with van der Waals surface area (Å²) in [5.74, 6) is 0.317. The van der Waals surface area contributed by atoms with Crippen molar-refractivity contribution in [2.45, 2.75) is 0 Å². The van der Waals surface area contributed by atoms with E-state index in [1.165, 1.54) is 0 Å². The van der Waals surface area contributed by atoms with Gasteiger partial charge in [-0.15, -0.1) is 0 Å². The van der Waals surface area contributed by atoms with Gasteiger partial charge in [0, 0.05) is 31.7 Å². The highest BCUT2D eigenvalue weighted by molar-refractivity contribution is 14.1. The number of carbonyl (C=O) groups is 1. The van der Waals surface area contributed by atoms with Gasteiger partial charge in [0.05, 0.1) is 5.56 Å². The molecule has 4 aromatic rings. The Hall–Kier alpha value is -2.26. The zero-order valence-corrected chi connectivity index (χ0v) is 17.0. The van der Waals surface area contributed by atoms with E-state index >= 15 is 0 Å². The number of pyridine rings is 1. The van der Waals surface area contributed by atoms with Crippen LogP contribution in [0.2, 0.25) is 0 Å². The number of amides is 1. The number of anilines is 1. The van der Waals surface area contributed by atoms with E-state index in [-0.39, 0.29) is 5.91 Å². The highest BCUT2D eigenvalue weighted by atomic mass is 127. The Morgan fingerprint density at radius 1 is 1.12 bits per heavy atom. The van der Waals surface area contributed by atoms with Crippen LogP contribution in [0.3, 0.4) is 0 Å². The van der Waals surface area contributed by atoms with Crippen LogP contribution in [0.25, 0.3) is 22.6 Å². The molecule has 2 aromatic carbocycles. The van der Waals surface area contributed by atoms with Crippen molar-refractivity contribution >= 4 is 61.2 Å². The Bertz CT molecular complexity index is 1130. The average molecular weight is 520 g/mol. The summed E-state index contributed by atoms with van der Waals surface area (Å²) < 4.78 is 7.64. The van der Waals surface area contributed by atoms with Crippen molar-refractivity contribution in [3.63, 3.8) is 0 Å². The summed E-state index contributed by atoms with van der Waals surface area (Å²) in [6.45, 7) is 0. The van der Waals surface area contributed by atoms with E-state index < -0.39 is 0 Å². The molecule has 0 bridgehead atoms. The molecule has 26 heavy (non-hydrogen) atoms. The minimum absolute atomic E-state index is 0.164. The maximum Gasteiger partial charge on any atom is 0.255 e. The molecule has 0 fully saturated rings. The first-order chi connectivity index (χ1) is 12.6. The van der Waals surface area contributed by atoms with Crippen molar-refractivity contribution in [1.29, 1.82) is 0 Å². The molecule has 0 saturated heterocycles. The van der Waals surface area contributed by atoms with Crippen molar-refractivity contribution in [3.8, 4) is 11.5 Å². The van der Waals surface area contributed by atoms with Crippen LogP contribution in [-0.4, -0.2) is 15.9 Å². The van der Waals surface area contributed by atoms with Crippen LogP contribution in [0.4, 0.5) is 5.69 Å². The molecule has 1 amide bonds. The fourth-order valence-electron chi connectivity index (χ4n) is 2.49. The van der Waals surface area contributed by atoms with Crippen molar-refractivity contribution in [1.82, 2.24) is 9.97 Å². The number of nitrogens with zero attached hydrogens (tertiary/aromatic N) is 2. The monoisotopic (exact) mass is 519 g/mol. The predicted molar refractivity (Wildman–Crippen MR) is 112 cm³/mol. The van der Waals surface area contributed by atoms with Crippen molar-refractivity contribution < 1.29 is 9.21 Å². The van der Waals surface area contributed by atoms with E-state index in [1.807, 2.05) is 24.3 Å². The van der Waals surface area contributed by atoms with Gasteiger partial charge in [-0.1, -0.05) is 6.07 Å². The third-order valence-electron chi connectivity index (χ3n) is 3.68. The largest absolute Gasteiger partial charge is 0.436 e. The Labute approximate surface area is 171 Å². The molecule has 4 rings (SSSR count). The third-order valence-corrected chi connectivity index (χ3v) is 4.79. The highest BCUT2D eigenvalue weighted by Gasteiger charge is 2.11. The predicted octanol–water partition coefficient (Wildman–Crippen LogP) is 5.51. The number of carbonyl (C=O) groups excluding carboxylic acids is 1. The number of halogens is 2. The lowest BCUT2D eigenvalue weighted by molar-refractivity contribution is 0.102. The van der Waals surface area contributed by atoms with Gasteiger partial charge >= 0.3 is 0 Å². The SMILES string of the molecule is O=C(Nc1ccc2oc(-c3cncc(Br)c3)nc2c1)c1cccc(I)c1. The summed E-state index contributed by atoms with van der Waals surface area (Å²) >= 11 is 5.57. The minimum Gasteiger partial charge on any atom is -0.436 e. The van der Waals surface area contributed by atoms with Crippen LogP contribution in [0, 0.1) is 3.57 Å². The number of rotatable bonds is 3. The second-order valence-corrected chi connectivity index (χ2v) is 7.72. The van der Waals surface area contributed by atoms with Crippen LogP contribution in [0.1, 0.15) is 10.4 Å². The molecular formula is C19H11BrIN3O2. The summed E-state index contributed by atoms with van der Waals surface area (Å²) in [5.41, 5.74) is 3.36. The number of benzene rings is 2. The molecule has 0 aliphatic heterocycles. The van der Waals surface area contributed by atoms with E-state index in [2.05, 4.69) is 53.8 Å². The molecule has 2 aromatic heterocycles. The Balaban J connectivity index is 1.62. The zero-order valence-electron chi connectivity index (χ0n) is 13.2. The van der Waals surface area contributed by atoms with Gasteiger partial charge in [0.15, 0.2) is 5.58 Å². The van der Waals surface area contributed by atoms with Gasteiger partial charge < -0.3 is 9.73 Å².